The number of hydrogen-bond acceptors (Lipinski definition) is 4. The Kier molecular flexibility index (Phi) is 5.42. The van der Waals surface area contributed by atoms with Crippen molar-refractivity contribution in [1.29, 1.82) is 0 Å². The fourth-order valence-corrected chi connectivity index (χ4v) is 2.75. The summed E-state index contributed by atoms with van der Waals surface area (Å²) in [5.74, 6) is 0.775. The van der Waals surface area contributed by atoms with E-state index in [2.05, 4.69) is 27.3 Å². The molecule has 0 aliphatic heterocycles. The van der Waals surface area contributed by atoms with Crippen molar-refractivity contribution in [2.45, 2.75) is 5.75 Å². The smallest absolute Gasteiger partial charge is 0.180 e. The Morgan fingerprint density at radius 3 is 2.71 bits per heavy atom. The molecule has 2 N–H and O–H groups in total. The number of amidine groups is 1. The Morgan fingerprint density at radius 2 is 1.92 bits per heavy atom. The molecule has 120 valence electrons. The standard InChI is InChI=1S/C18H17N5S/c19-18(24-13-15-6-2-1-3-7-15)22-21-12-16-8-4-5-9-17(16)23-11-10-20-14-23/h1-12,14H,13H2,(H2,19,22). The van der Waals surface area contributed by atoms with Crippen molar-refractivity contribution >= 4 is 23.1 Å². The zero-order chi connectivity index (χ0) is 16.6. The van der Waals surface area contributed by atoms with Gasteiger partial charge in [0.25, 0.3) is 0 Å². The molecule has 6 heteroatoms. The first-order valence-corrected chi connectivity index (χ1v) is 8.42. The van der Waals surface area contributed by atoms with Gasteiger partial charge in [-0.05, 0) is 11.6 Å². The van der Waals surface area contributed by atoms with Crippen molar-refractivity contribution in [3.05, 3.63) is 84.4 Å². The molecular formula is C18H17N5S. The largest absolute Gasteiger partial charge is 0.377 e. The average Bonchev–Trinajstić information content (AvgIpc) is 3.16. The van der Waals surface area contributed by atoms with Crippen molar-refractivity contribution in [2.75, 3.05) is 0 Å². The maximum Gasteiger partial charge on any atom is 0.180 e. The molecule has 5 nitrogen and oxygen atoms in total. The monoisotopic (exact) mass is 335 g/mol. The van der Waals surface area contributed by atoms with Gasteiger partial charge >= 0.3 is 0 Å². The summed E-state index contributed by atoms with van der Waals surface area (Å²) in [6.45, 7) is 0. The summed E-state index contributed by atoms with van der Waals surface area (Å²) in [7, 11) is 0. The van der Waals surface area contributed by atoms with Crippen LogP contribution in [0.5, 0.6) is 0 Å². The lowest BCUT2D eigenvalue weighted by molar-refractivity contribution is 1.05. The van der Waals surface area contributed by atoms with E-state index >= 15 is 0 Å². The molecule has 0 radical (unpaired) electrons. The van der Waals surface area contributed by atoms with Crippen LogP contribution in [-0.2, 0) is 5.75 Å². The third kappa shape index (κ3) is 4.33. The Labute approximate surface area is 145 Å². The van der Waals surface area contributed by atoms with Crippen LogP contribution in [0.25, 0.3) is 5.69 Å². The first kappa shape index (κ1) is 16.0. The Morgan fingerprint density at radius 1 is 1.12 bits per heavy atom. The van der Waals surface area contributed by atoms with E-state index in [0.29, 0.717) is 5.17 Å². The summed E-state index contributed by atoms with van der Waals surface area (Å²) >= 11 is 1.47. The molecule has 0 aliphatic rings. The highest BCUT2D eigenvalue weighted by atomic mass is 32.2. The van der Waals surface area contributed by atoms with E-state index < -0.39 is 0 Å². The van der Waals surface area contributed by atoms with Crippen molar-refractivity contribution < 1.29 is 0 Å². The highest BCUT2D eigenvalue weighted by Gasteiger charge is 2.01. The number of para-hydroxylation sites is 1. The number of rotatable bonds is 5. The molecule has 0 unspecified atom stereocenters. The Bertz CT molecular complexity index is 826. The zero-order valence-electron chi connectivity index (χ0n) is 13.0. The number of nitrogens with two attached hydrogens (primary N) is 1. The SMILES string of the molecule is NC(=NN=Cc1ccccc1-n1ccnc1)SCc1ccccc1. The van der Waals surface area contributed by atoms with Gasteiger partial charge in [0.2, 0.25) is 0 Å². The van der Waals surface area contributed by atoms with Gasteiger partial charge in [-0.15, -0.1) is 5.10 Å². The van der Waals surface area contributed by atoms with Crippen molar-refractivity contribution in [1.82, 2.24) is 9.55 Å². The van der Waals surface area contributed by atoms with Gasteiger partial charge in [-0.25, -0.2) is 4.98 Å². The number of aromatic nitrogens is 2. The molecule has 0 saturated carbocycles. The maximum atomic E-state index is 5.90. The number of imidazole rings is 1. The predicted octanol–water partition coefficient (Wildman–Crippen LogP) is 3.45. The van der Waals surface area contributed by atoms with Gasteiger partial charge < -0.3 is 10.3 Å². The van der Waals surface area contributed by atoms with Crippen LogP contribution in [0.3, 0.4) is 0 Å². The predicted molar refractivity (Wildman–Crippen MR) is 101 cm³/mol. The quantitative estimate of drug-likeness (QED) is 0.441. The lowest BCUT2D eigenvalue weighted by atomic mass is 10.2. The minimum absolute atomic E-state index is 0.440. The van der Waals surface area contributed by atoms with Crippen LogP contribution in [0.1, 0.15) is 11.1 Å². The van der Waals surface area contributed by atoms with Gasteiger partial charge in [-0.3, -0.25) is 0 Å². The van der Waals surface area contributed by atoms with Crippen LogP contribution >= 0.6 is 11.8 Å². The van der Waals surface area contributed by atoms with E-state index in [0.717, 1.165) is 17.0 Å². The van der Waals surface area contributed by atoms with Gasteiger partial charge in [0.1, 0.15) is 0 Å². The highest BCUT2D eigenvalue weighted by Crippen LogP contribution is 2.13. The number of hydrogen-bond donors (Lipinski definition) is 1. The Balaban J connectivity index is 1.66. The molecule has 3 aromatic rings. The van der Waals surface area contributed by atoms with Crippen LogP contribution in [0.15, 0.2) is 83.5 Å². The van der Waals surface area contributed by atoms with Crippen LogP contribution in [0.2, 0.25) is 0 Å². The third-order valence-corrected chi connectivity index (χ3v) is 4.16. The van der Waals surface area contributed by atoms with Gasteiger partial charge in [-0.2, -0.15) is 5.10 Å². The lowest BCUT2D eigenvalue weighted by Crippen LogP contribution is -2.06. The van der Waals surface area contributed by atoms with Crippen LogP contribution in [0.4, 0.5) is 0 Å². The molecule has 0 fully saturated rings. The van der Waals surface area contributed by atoms with E-state index in [9.17, 15) is 0 Å². The minimum atomic E-state index is 0.440. The molecule has 0 aliphatic carbocycles. The molecule has 0 bridgehead atoms. The molecule has 0 spiro atoms. The third-order valence-electron chi connectivity index (χ3n) is 3.30. The second kappa shape index (κ2) is 8.12. The molecule has 24 heavy (non-hydrogen) atoms. The molecule has 1 heterocycles. The lowest BCUT2D eigenvalue weighted by Gasteiger charge is -2.05. The maximum absolute atomic E-state index is 5.90. The zero-order valence-corrected chi connectivity index (χ0v) is 13.8. The molecule has 0 amide bonds. The van der Waals surface area contributed by atoms with Gasteiger partial charge in [0.05, 0.1) is 18.2 Å². The molecule has 0 saturated heterocycles. The summed E-state index contributed by atoms with van der Waals surface area (Å²) in [5.41, 5.74) is 9.04. The van der Waals surface area contributed by atoms with Gasteiger partial charge in [0.15, 0.2) is 5.17 Å². The number of nitrogens with zero attached hydrogens (tertiary/aromatic N) is 4. The first-order chi connectivity index (χ1) is 11.8. The second-order valence-corrected chi connectivity index (χ2v) is 5.98. The Hall–Kier alpha value is -2.86. The van der Waals surface area contributed by atoms with Crippen LogP contribution < -0.4 is 5.73 Å². The van der Waals surface area contributed by atoms with E-state index in [1.807, 2.05) is 53.2 Å². The second-order valence-electron chi connectivity index (χ2n) is 4.99. The highest BCUT2D eigenvalue weighted by molar-refractivity contribution is 8.13. The topological polar surface area (TPSA) is 68.6 Å². The van der Waals surface area contributed by atoms with Crippen molar-refractivity contribution in [3.8, 4) is 5.69 Å². The number of benzene rings is 2. The summed E-state index contributed by atoms with van der Waals surface area (Å²) < 4.78 is 1.93. The minimum Gasteiger partial charge on any atom is -0.377 e. The summed E-state index contributed by atoms with van der Waals surface area (Å²) in [4.78, 5) is 4.07. The summed E-state index contributed by atoms with van der Waals surface area (Å²) in [6.07, 6.45) is 7.08. The fourth-order valence-electron chi connectivity index (χ4n) is 2.14. The normalized spacial score (nSPS) is 11.9. The number of thioether (sulfide) groups is 1. The van der Waals surface area contributed by atoms with E-state index in [-0.39, 0.29) is 0 Å². The molecular weight excluding hydrogens is 318 g/mol. The summed E-state index contributed by atoms with van der Waals surface area (Å²) in [6, 6.07) is 18.0. The van der Waals surface area contributed by atoms with Crippen LogP contribution in [-0.4, -0.2) is 20.9 Å². The van der Waals surface area contributed by atoms with Crippen LogP contribution in [0, 0.1) is 0 Å². The first-order valence-electron chi connectivity index (χ1n) is 7.43. The molecule has 2 aromatic carbocycles. The summed E-state index contributed by atoms with van der Waals surface area (Å²) in [5, 5.41) is 8.61. The van der Waals surface area contributed by atoms with E-state index in [4.69, 9.17) is 5.73 Å². The van der Waals surface area contributed by atoms with E-state index in [1.54, 1.807) is 18.7 Å². The van der Waals surface area contributed by atoms with Gasteiger partial charge in [0, 0.05) is 23.7 Å². The molecule has 1 aromatic heterocycles. The fraction of sp³-hybridized carbons (Fsp3) is 0.0556. The van der Waals surface area contributed by atoms with Crippen molar-refractivity contribution in [2.24, 2.45) is 15.9 Å². The molecule has 0 atom stereocenters. The van der Waals surface area contributed by atoms with Gasteiger partial charge in [-0.1, -0.05) is 60.3 Å². The molecule has 3 rings (SSSR count). The average molecular weight is 335 g/mol. The van der Waals surface area contributed by atoms with E-state index in [1.165, 1.54) is 17.3 Å². The van der Waals surface area contributed by atoms with Crippen molar-refractivity contribution in [3.63, 3.8) is 0 Å².